The molecule has 4 nitrogen and oxygen atoms in total. The number of rotatable bonds is 7. The summed E-state index contributed by atoms with van der Waals surface area (Å²) in [5.74, 6) is -0.620. The van der Waals surface area contributed by atoms with Crippen LogP contribution in [0.1, 0.15) is 52.9 Å². The lowest BCUT2D eigenvalue weighted by molar-refractivity contribution is -0.153. The van der Waals surface area contributed by atoms with E-state index in [2.05, 4.69) is 25.7 Å². The molecule has 0 aromatic heterocycles. The Bertz CT molecular complexity index is 300. The van der Waals surface area contributed by atoms with E-state index in [1.807, 2.05) is 0 Å². The molecule has 0 radical (unpaired) electrons. The number of likely N-dealkylation sites (tertiary alicyclic amines) is 1. The summed E-state index contributed by atoms with van der Waals surface area (Å²) in [6.07, 6.45) is 4.46. The summed E-state index contributed by atoms with van der Waals surface area (Å²) in [5, 5.41) is 9.56. The molecule has 0 aromatic rings. The Hall–Kier alpha value is -0.610. The van der Waals surface area contributed by atoms with Crippen LogP contribution >= 0.6 is 0 Å². The second-order valence-corrected chi connectivity index (χ2v) is 6.43. The van der Waals surface area contributed by atoms with Gasteiger partial charge in [0.25, 0.3) is 0 Å². The van der Waals surface area contributed by atoms with Gasteiger partial charge in [-0.25, -0.2) is 0 Å². The zero-order valence-corrected chi connectivity index (χ0v) is 12.9. The summed E-state index contributed by atoms with van der Waals surface area (Å²) < 4.78 is 5.43. The fourth-order valence-corrected chi connectivity index (χ4v) is 2.91. The van der Waals surface area contributed by atoms with Gasteiger partial charge in [-0.1, -0.05) is 13.3 Å². The third-order valence-corrected chi connectivity index (χ3v) is 4.42. The first kappa shape index (κ1) is 16.4. The largest absolute Gasteiger partial charge is 0.481 e. The predicted molar refractivity (Wildman–Crippen MR) is 76.4 cm³/mol. The summed E-state index contributed by atoms with van der Waals surface area (Å²) in [7, 11) is 1.73. The van der Waals surface area contributed by atoms with Crippen molar-refractivity contribution >= 4 is 5.97 Å². The van der Waals surface area contributed by atoms with Crippen molar-refractivity contribution in [3.63, 3.8) is 0 Å². The summed E-state index contributed by atoms with van der Waals surface area (Å²) in [6.45, 7) is 8.84. The molecule has 1 aliphatic rings. The predicted octanol–water partition coefficient (Wildman–Crippen LogP) is 2.77. The number of hydrogen-bond acceptors (Lipinski definition) is 3. The lowest BCUT2D eigenvalue weighted by Crippen LogP contribution is -2.48. The number of ether oxygens (including phenoxy) is 1. The molecule has 1 atom stereocenters. The van der Waals surface area contributed by atoms with Gasteiger partial charge >= 0.3 is 5.97 Å². The van der Waals surface area contributed by atoms with Gasteiger partial charge in [0.15, 0.2) is 0 Å². The Kier molecular flexibility index (Phi) is 5.81. The van der Waals surface area contributed by atoms with E-state index in [9.17, 15) is 9.90 Å². The summed E-state index contributed by atoms with van der Waals surface area (Å²) in [5.41, 5.74) is -0.654. The van der Waals surface area contributed by atoms with E-state index in [1.165, 1.54) is 0 Å². The summed E-state index contributed by atoms with van der Waals surface area (Å²) >= 11 is 0. The van der Waals surface area contributed by atoms with Crippen molar-refractivity contribution in [2.75, 3.05) is 26.7 Å². The fourth-order valence-electron chi connectivity index (χ4n) is 2.91. The van der Waals surface area contributed by atoms with E-state index in [0.717, 1.165) is 45.2 Å². The summed E-state index contributed by atoms with van der Waals surface area (Å²) in [4.78, 5) is 13.9. The average Bonchev–Trinajstić information content (AvgIpc) is 2.37. The van der Waals surface area contributed by atoms with Gasteiger partial charge in [0.2, 0.25) is 0 Å². The molecule has 19 heavy (non-hydrogen) atoms. The van der Waals surface area contributed by atoms with Gasteiger partial charge in [0, 0.05) is 20.2 Å². The van der Waals surface area contributed by atoms with Gasteiger partial charge in [-0.3, -0.25) is 4.79 Å². The summed E-state index contributed by atoms with van der Waals surface area (Å²) in [6, 6.07) is 0. The third kappa shape index (κ3) is 4.46. The number of carbonyl (C=O) groups is 1. The first-order valence-electron chi connectivity index (χ1n) is 7.36. The topological polar surface area (TPSA) is 49.8 Å². The molecule has 1 aliphatic heterocycles. The SMILES string of the molecule is CCCC1(C(=O)O)CCCN(CCC(C)(C)OC)C1. The smallest absolute Gasteiger partial charge is 0.310 e. The highest BCUT2D eigenvalue weighted by atomic mass is 16.5. The van der Waals surface area contributed by atoms with Crippen LogP contribution in [0.25, 0.3) is 0 Å². The minimum Gasteiger partial charge on any atom is -0.481 e. The van der Waals surface area contributed by atoms with Crippen LogP contribution in [-0.4, -0.2) is 48.3 Å². The Balaban J connectivity index is 2.60. The first-order chi connectivity index (χ1) is 8.85. The van der Waals surface area contributed by atoms with E-state index in [0.29, 0.717) is 6.54 Å². The van der Waals surface area contributed by atoms with E-state index < -0.39 is 11.4 Å². The quantitative estimate of drug-likeness (QED) is 0.773. The molecule has 0 bridgehead atoms. The Morgan fingerprint density at radius 2 is 2.16 bits per heavy atom. The Morgan fingerprint density at radius 3 is 2.68 bits per heavy atom. The zero-order valence-electron chi connectivity index (χ0n) is 12.9. The lowest BCUT2D eigenvalue weighted by Gasteiger charge is -2.40. The van der Waals surface area contributed by atoms with E-state index >= 15 is 0 Å². The van der Waals surface area contributed by atoms with Crippen LogP contribution in [-0.2, 0) is 9.53 Å². The van der Waals surface area contributed by atoms with Gasteiger partial charge in [-0.2, -0.15) is 0 Å². The molecule has 0 spiro atoms. The molecule has 0 amide bonds. The molecule has 0 aliphatic carbocycles. The first-order valence-corrected chi connectivity index (χ1v) is 7.36. The standard InChI is InChI=1S/C15H29NO3/c1-5-7-15(13(17)18)8-6-10-16(12-15)11-9-14(2,3)19-4/h5-12H2,1-4H3,(H,17,18). The van der Waals surface area contributed by atoms with Crippen LogP contribution in [0.3, 0.4) is 0 Å². The van der Waals surface area contributed by atoms with Gasteiger partial charge in [0.1, 0.15) is 0 Å². The monoisotopic (exact) mass is 271 g/mol. The molecule has 1 heterocycles. The highest BCUT2D eigenvalue weighted by Crippen LogP contribution is 2.35. The molecule has 1 saturated heterocycles. The van der Waals surface area contributed by atoms with Crippen LogP contribution in [0, 0.1) is 5.41 Å². The number of piperidine rings is 1. The Labute approximate surface area is 117 Å². The number of hydrogen-bond donors (Lipinski definition) is 1. The highest BCUT2D eigenvalue weighted by Gasteiger charge is 2.41. The molecule has 1 N–H and O–H groups in total. The molecule has 0 saturated carbocycles. The molecule has 1 unspecified atom stereocenters. The fraction of sp³-hybridized carbons (Fsp3) is 0.933. The van der Waals surface area contributed by atoms with Gasteiger partial charge in [0.05, 0.1) is 11.0 Å². The molecule has 1 fully saturated rings. The van der Waals surface area contributed by atoms with Gasteiger partial charge in [-0.15, -0.1) is 0 Å². The zero-order chi connectivity index (χ0) is 14.5. The van der Waals surface area contributed by atoms with Crippen LogP contribution in [0.2, 0.25) is 0 Å². The minimum absolute atomic E-state index is 0.131. The van der Waals surface area contributed by atoms with Crippen molar-refractivity contribution in [1.82, 2.24) is 4.90 Å². The van der Waals surface area contributed by atoms with Crippen LogP contribution in [0.5, 0.6) is 0 Å². The molecular formula is C15H29NO3. The lowest BCUT2D eigenvalue weighted by atomic mass is 9.76. The maximum atomic E-state index is 11.6. The van der Waals surface area contributed by atoms with Crippen molar-refractivity contribution < 1.29 is 14.6 Å². The number of nitrogens with zero attached hydrogens (tertiary/aromatic N) is 1. The maximum Gasteiger partial charge on any atom is 0.310 e. The van der Waals surface area contributed by atoms with Crippen LogP contribution in [0.15, 0.2) is 0 Å². The molecular weight excluding hydrogens is 242 g/mol. The molecule has 4 heteroatoms. The molecule has 112 valence electrons. The van der Waals surface area contributed by atoms with Gasteiger partial charge in [-0.05, 0) is 46.1 Å². The second-order valence-electron chi connectivity index (χ2n) is 6.43. The van der Waals surface area contributed by atoms with Crippen molar-refractivity contribution in [2.24, 2.45) is 5.41 Å². The number of aliphatic carboxylic acids is 1. The van der Waals surface area contributed by atoms with Gasteiger partial charge < -0.3 is 14.7 Å². The number of carboxylic acids is 1. The average molecular weight is 271 g/mol. The van der Waals surface area contributed by atoms with Crippen molar-refractivity contribution in [2.45, 2.75) is 58.5 Å². The number of methoxy groups -OCH3 is 1. The highest BCUT2D eigenvalue weighted by molar-refractivity contribution is 5.75. The maximum absolute atomic E-state index is 11.6. The molecule has 1 rings (SSSR count). The van der Waals surface area contributed by atoms with Crippen molar-refractivity contribution in [1.29, 1.82) is 0 Å². The van der Waals surface area contributed by atoms with Crippen molar-refractivity contribution in [3.05, 3.63) is 0 Å². The normalized spacial score (nSPS) is 25.5. The van der Waals surface area contributed by atoms with Crippen molar-refractivity contribution in [3.8, 4) is 0 Å². The van der Waals surface area contributed by atoms with E-state index in [-0.39, 0.29) is 5.60 Å². The minimum atomic E-state index is -0.620. The van der Waals surface area contributed by atoms with E-state index in [1.54, 1.807) is 7.11 Å². The van der Waals surface area contributed by atoms with Crippen LogP contribution in [0.4, 0.5) is 0 Å². The number of carboxylic acid groups (broad SMARTS) is 1. The third-order valence-electron chi connectivity index (χ3n) is 4.42. The Morgan fingerprint density at radius 1 is 1.47 bits per heavy atom. The second kappa shape index (κ2) is 6.71. The van der Waals surface area contributed by atoms with E-state index in [4.69, 9.17) is 4.74 Å². The van der Waals surface area contributed by atoms with Crippen LogP contribution < -0.4 is 0 Å². The molecule has 0 aromatic carbocycles.